The molecule has 0 aliphatic heterocycles. The molecule has 0 radical (unpaired) electrons. The molecule has 2 aromatic heterocycles. The summed E-state index contributed by atoms with van der Waals surface area (Å²) in [5, 5.41) is 5.90. The van der Waals surface area contributed by atoms with Crippen molar-refractivity contribution in [2.75, 3.05) is 12.3 Å². The van der Waals surface area contributed by atoms with Gasteiger partial charge in [0.2, 0.25) is 0 Å². The lowest BCUT2D eigenvalue weighted by atomic mass is 10.1. The summed E-state index contributed by atoms with van der Waals surface area (Å²) in [4.78, 5) is 35.3. The Morgan fingerprint density at radius 1 is 1.48 bits per heavy atom. The van der Waals surface area contributed by atoms with Gasteiger partial charge in [-0.15, -0.1) is 0 Å². The van der Waals surface area contributed by atoms with Crippen LogP contribution in [-0.4, -0.2) is 44.3 Å². The van der Waals surface area contributed by atoms with E-state index >= 15 is 0 Å². The number of carbonyl (C=O) groups is 2. The molecule has 0 saturated carbocycles. The summed E-state index contributed by atoms with van der Waals surface area (Å²) in [5.41, 5.74) is 13.7. The molecule has 0 spiro atoms. The van der Waals surface area contributed by atoms with Gasteiger partial charge in [0, 0.05) is 24.9 Å². The van der Waals surface area contributed by atoms with Crippen molar-refractivity contribution in [2.45, 2.75) is 12.8 Å². The molecule has 0 saturated heterocycles. The topological polar surface area (TPSA) is 166 Å². The van der Waals surface area contributed by atoms with Crippen LogP contribution in [0.3, 0.4) is 0 Å². The standard InChI is InChI=1S/C13H16ClN9O2/c1-7(4-15)8-10(14)20-9(11(16)21-8)12(24)18-5-19-22-13(25)23-3-2-17-6-23/h2-3,5-7H,4,15H2,1H3,(H2,16,21)(H,22,25)(H,18,19,24). The monoisotopic (exact) mass is 365 g/mol. The summed E-state index contributed by atoms with van der Waals surface area (Å²) in [6.07, 6.45) is 5.14. The minimum atomic E-state index is -0.681. The average molecular weight is 366 g/mol. The maximum Gasteiger partial charge on any atom is 0.347 e. The highest BCUT2D eigenvalue weighted by atomic mass is 35.5. The van der Waals surface area contributed by atoms with Gasteiger partial charge in [-0.2, -0.15) is 5.10 Å². The highest BCUT2D eigenvalue weighted by molar-refractivity contribution is 6.30. The molecule has 0 bridgehead atoms. The number of aromatic nitrogens is 4. The number of nitrogen functional groups attached to an aromatic ring is 1. The molecule has 0 aliphatic rings. The zero-order valence-corrected chi connectivity index (χ0v) is 13.9. The Balaban J connectivity index is 2.00. The lowest BCUT2D eigenvalue weighted by molar-refractivity contribution is 0.0974. The number of nitrogens with zero attached hydrogens (tertiary/aromatic N) is 5. The highest BCUT2D eigenvalue weighted by Gasteiger charge is 2.19. The van der Waals surface area contributed by atoms with Crippen molar-refractivity contribution in [3.05, 3.63) is 35.3 Å². The Bertz CT molecular complexity index is 791. The molecule has 0 aromatic carbocycles. The Morgan fingerprint density at radius 3 is 2.88 bits per heavy atom. The Labute approximate surface area is 147 Å². The SMILES string of the molecule is CC(CN)c1nc(N)c(C(=O)NC=NNC(=O)n2ccnc2)nc1Cl. The van der Waals surface area contributed by atoms with Crippen LogP contribution < -0.4 is 22.2 Å². The second-order valence-corrected chi connectivity index (χ2v) is 5.25. The van der Waals surface area contributed by atoms with Gasteiger partial charge in [-0.25, -0.2) is 25.2 Å². The van der Waals surface area contributed by atoms with Crippen LogP contribution in [0.15, 0.2) is 23.8 Å². The van der Waals surface area contributed by atoms with Gasteiger partial charge in [-0.05, 0) is 0 Å². The average Bonchev–Trinajstić information content (AvgIpc) is 3.14. The molecule has 2 aromatic rings. The smallest absolute Gasteiger partial charge is 0.347 e. The summed E-state index contributed by atoms with van der Waals surface area (Å²) in [6, 6.07) is -0.550. The van der Waals surface area contributed by atoms with Crippen LogP contribution in [0, 0.1) is 0 Å². The van der Waals surface area contributed by atoms with Gasteiger partial charge in [0.05, 0.1) is 5.69 Å². The molecule has 1 atom stereocenters. The molecule has 132 valence electrons. The van der Waals surface area contributed by atoms with Gasteiger partial charge in [-0.3, -0.25) is 9.36 Å². The third kappa shape index (κ3) is 4.49. The van der Waals surface area contributed by atoms with Gasteiger partial charge in [0.15, 0.2) is 16.7 Å². The first-order valence-corrected chi connectivity index (χ1v) is 7.45. The first-order chi connectivity index (χ1) is 11.9. The van der Waals surface area contributed by atoms with Crippen molar-refractivity contribution < 1.29 is 9.59 Å². The second-order valence-electron chi connectivity index (χ2n) is 4.89. The molecule has 1 unspecified atom stereocenters. The molecule has 2 amide bonds. The van der Waals surface area contributed by atoms with Gasteiger partial charge in [-0.1, -0.05) is 18.5 Å². The minimum absolute atomic E-state index is 0.0441. The summed E-state index contributed by atoms with van der Waals surface area (Å²) in [7, 11) is 0. The normalized spacial score (nSPS) is 12.1. The Morgan fingerprint density at radius 2 is 2.24 bits per heavy atom. The summed E-state index contributed by atoms with van der Waals surface area (Å²) in [6.45, 7) is 2.12. The minimum Gasteiger partial charge on any atom is -0.382 e. The van der Waals surface area contributed by atoms with E-state index < -0.39 is 11.9 Å². The highest BCUT2D eigenvalue weighted by Crippen LogP contribution is 2.22. The number of carbonyl (C=O) groups excluding carboxylic acids is 2. The number of nitrogens with one attached hydrogen (secondary N) is 2. The summed E-state index contributed by atoms with van der Waals surface area (Å²) in [5.74, 6) is -0.924. The molecule has 25 heavy (non-hydrogen) atoms. The van der Waals surface area contributed by atoms with E-state index in [0.29, 0.717) is 12.2 Å². The maximum absolute atomic E-state index is 12.0. The predicted octanol–water partition coefficient (Wildman–Crippen LogP) is -0.0981. The molecule has 2 heterocycles. The van der Waals surface area contributed by atoms with Crippen molar-refractivity contribution >= 4 is 35.7 Å². The van der Waals surface area contributed by atoms with Crippen LogP contribution in [0.25, 0.3) is 0 Å². The van der Waals surface area contributed by atoms with Crippen LogP contribution in [-0.2, 0) is 0 Å². The van der Waals surface area contributed by atoms with Crippen LogP contribution in [0.1, 0.15) is 29.0 Å². The first kappa shape index (κ1) is 18.3. The zero-order chi connectivity index (χ0) is 18.4. The van der Waals surface area contributed by atoms with E-state index in [1.54, 1.807) is 0 Å². The van der Waals surface area contributed by atoms with Crippen LogP contribution in [0.4, 0.5) is 10.6 Å². The number of anilines is 1. The lowest BCUT2D eigenvalue weighted by Crippen LogP contribution is -2.28. The van der Waals surface area contributed by atoms with Gasteiger partial charge >= 0.3 is 6.03 Å². The number of hydrazone groups is 1. The number of amides is 2. The molecule has 12 heteroatoms. The summed E-state index contributed by atoms with van der Waals surface area (Å²) < 4.78 is 1.17. The molecule has 11 nitrogen and oxygen atoms in total. The number of hydrogen-bond acceptors (Lipinski definition) is 8. The quantitative estimate of drug-likeness (QED) is 0.326. The van der Waals surface area contributed by atoms with Crippen LogP contribution in [0.2, 0.25) is 5.15 Å². The van der Waals surface area contributed by atoms with Gasteiger partial charge < -0.3 is 16.8 Å². The first-order valence-electron chi connectivity index (χ1n) is 7.07. The van der Waals surface area contributed by atoms with Crippen LogP contribution in [0.5, 0.6) is 0 Å². The molecule has 6 N–H and O–H groups in total. The fourth-order valence-electron chi connectivity index (χ4n) is 1.72. The van der Waals surface area contributed by atoms with E-state index in [0.717, 1.165) is 6.34 Å². The number of rotatable bonds is 5. The van der Waals surface area contributed by atoms with Crippen molar-refractivity contribution in [2.24, 2.45) is 10.8 Å². The lowest BCUT2D eigenvalue weighted by Gasteiger charge is -2.12. The number of nitrogens with two attached hydrogens (primary N) is 2. The molecular formula is C13H16ClN9O2. The molecule has 2 rings (SSSR count). The largest absolute Gasteiger partial charge is 0.382 e. The van der Waals surface area contributed by atoms with E-state index in [1.165, 1.54) is 23.3 Å². The summed E-state index contributed by atoms with van der Waals surface area (Å²) >= 11 is 6.01. The van der Waals surface area contributed by atoms with Crippen molar-refractivity contribution in [1.82, 2.24) is 30.3 Å². The number of imidazole rings is 1. The van der Waals surface area contributed by atoms with Crippen molar-refractivity contribution in [1.29, 1.82) is 0 Å². The fourth-order valence-corrected chi connectivity index (χ4v) is 2.03. The van der Waals surface area contributed by atoms with Gasteiger partial charge in [0.25, 0.3) is 5.91 Å². The predicted molar refractivity (Wildman–Crippen MR) is 91.0 cm³/mol. The van der Waals surface area contributed by atoms with E-state index in [2.05, 4.69) is 30.8 Å². The van der Waals surface area contributed by atoms with E-state index in [1.807, 2.05) is 6.92 Å². The fraction of sp³-hybridized carbons (Fsp3) is 0.231. The molecular weight excluding hydrogens is 350 g/mol. The van der Waals surface area contributed by atoms with Crippen molar-refractivity contribution in [3.63, 3.8) is 0 Å². The van der Waals surface area contributed by atoms with Gasteiger partial charge in [0.1, 0.15) is 12.7 Å². The van der Waals surface area contributed by atoms with Crippen molar-refractivity contribution in [3.8, 4) is 0 Å². The Kier molecular flexibility index (Phi) is 5.98. The van der Waals surface area contributed by atoms with E-state index in [4.69, 9.17) is 23.1 Å². The molecule has 0 aliphatic carbocycles. The molecule has 0 fully saturated rings. The Hall–Kier alpha value is -3.05. The number of halogens is 1. The zero-order valence-electron chi connectivity index (χ0n) is 13.2. The second kappa shape index (κ2) is 8.17. The number of hydrogen-bond donors (Lipinski definition) is 4. The third-order valence-electron chi connectivity index (χ3n) is 3.10. The van der Waals surface area contributed by atoms with Crippen LogP contribution >= 0.6 is 11.6 Å². The van der Waals surface area contributed by atoms with E-state index in [9.17, 15) is 9.59 Å². The third-order valence-corrected chi connectivity index (χ3v) is 3.38. The maximum atomic E-state index is 12.0. The van der Waals surface area contributed by atoms with E-state index in [-0.39, 0.29) is 22.6 Å².